The highest BCUT2D eigenvalue weighted by atomic mass is 32.2. The van der Waals surface area contributed by atoms with Crippen molar-refractivity contribution in [1.29, 1.82) is 0 Å². The number of carbonyl (C=O) groups is 2. The van der Waals surface area contributed by atoms with E-state index in [0.29, 0.717) is 35.4 Å². The van der Waals surface area contributed by atoms with E-state index in [2.05, 4.69) is 10.3 Å². The summed E-state index contributed by atoms with van der Waals surface area (Å²) in [5.41, 5.74) is 1.49. The number of carbonyl (C=O) groups excluding carboxylic acids is 2. The molecule has 3 aromatic carbocycles. The summed E-state index contributed by atoms with van der Waals surface area (Å²) in [5, 5.41) is 2.78. The molecule has 42 heavy (non-hydrogen) atoms. The minimum absolute atomic E-state index is 0.0549. The molecule has 0 radical (unpaired) electrons. The number of methoxy groups -OCH3 is 1. The molecule has 9 nitrogen and oxygen atoms in total. The van der Waals surface area contributed by atoms with Crippen molar-refractivity contribution in [3.05, 3.63) is 96.6 Å². The largest absolute Gasteiger partial charge is 0.497 e. The van der Waals surface area contributed by atoms with Crippen LogP contribution in [-0.4, -0.2) is 51.2 Å². The number of pyridine rings is 1. The summed E-state index contributed by atoms with van der Waals surface area (Å²) in [7, 11) is -2.07. The number of rotatable bonds is 8. The summed E-state index contributed by atoms with van der Waals surface area (Å²) in [4.78, 5) is 32.0. The van der Waals surface area contributed by atoms with Gasteiger partial charge in [-0.2, -0.15) is 0 Å². The molecule has 1 fully saturated rings. The number of ether oxygens (including phenoxy) is 2. The number of nitrogens with one attached hydrogen (secondary N) is 1. The first-order chi connectivity index (χ1) is 20.2. The molecule has 1 atom stereocenters. The van der Waals surface area contributed by atoms with Crippen LogP contribution in [0, 0.1) is 5.82 Å². The predicted molar refractivity (Wildman–Crippen MR) is 156 cm³/mol. The summed E-state index contributed by atoms with van der Waals surface area (Å²) in [6.07, 6.45) is 4.12. The van der Waals surface area contributed by atoms with E-state index in [0.717, 1.165) is 6.26 Å². The molecule has 11 heteroatoms. The zero-order chi connectivity index (χ0) is 29.9. The van der Waals surface area contributed by atoms with Crippen molar-refractivity contribution >= 4 is 33.0 Å². The molecule has 0 spiro atoms. The fourth-order valence-corrected chi connectivity index (χ4v) is 5.73. The van der Waals surface area contributed by atoms with Crippen molar-refractivity contribution in [1.82, 2.24) is 4.98 Å². The first kappa shape index (κ1) is 28.7. The van der Waals surface area contributed by atoms with Crippen LogP contribution in [0.3, 0.4) is 0 Å². The standard InChI is InChI=1S/C31H28FN3O6S/c1-40-22-10-12-27(24(19-22)30(36)34-21-13-15-33-16-14-21)41-28-7-5-17-35(31(28)37)26-11-9-20(18-25(26)32)23-6-3-4-8-29(23)42(2,38)39/h3-4,6,8-16,18-19,28H,5,7,17H2,1-2H3,(H,33,34,36). The second-order valence-electron chi connectivity index (χ2n) is 9.73. The van der Waals surface area contributed by atoms with Gasteiger partial charge in [0.25, 0.3) is 11.8 Å². The van der Waals surface area contributed by atoms with Gasteiger partial charge in [-0.3, -0.25) is 14.6 Å². The van der Waals surface area contributed by atoms with Gasteiger partial charge in [-0.05, 0) is 66.9 Å². The first-order valence-electron chi connectivity index (χ1n) is 13.1. The van der Waals surface area contributed by atoms with Crippen LogP contribution < -0.4 is 19.7 Å². The van der Waals surface area contributed by atoms with Gasteiger partial charge in [0.1, 0.15) is 17.3 Å². The Morgan fingerprint density at radius 1 is 1.05 bits per heavy atom. The van der Waals surface area contributed by atoms with Crippen LogP contribution in [0.5, 0.6) is 11.5 Å². The Morgan fingerprint density at radius 2 is 1.81 bits per heavy atom. The second kappa shape index (κ2) is 12.0. The number of nitrogens with zero attached hydrogens (tertiary/aromatic N) is 2. The maximum absolute atomic E-state index is 15.5. The van der Waals surface area contributed by atoms with E-state index in [-0.39, 0.29) is 28.4 Å². The van der Waals surface area contributed by atoms with Crippen LogP contribution in [0.25, 0.3) is 11.1 Å². The van der Waals surface area contributed by atoms with E-state index in [4.69, 9.17) is 9.47 Å². The molecule has 0 aliphatic carbocycles. The van der Waals surface area contributed by atoms with Gasteiger partial charge in [0.05, 0.1) is 23.3 Å². The van der Waals surface area contributed by atoms with Gasteiger partial charge >= 0.3 is 0 Å². The van der Waals surface area contributed by atoms with Crippen molar-refractivity contribution in [2.45, 2.75) is 23.8 Å². The number of piperidine rings is 1. The second-order valence-corrected chi connectivity index (χ2v) is 11.7. The summed E-state index contributed by atoms with van der Waals surface area (Å²) >= 11 is 0. The number of anilines is 2. The maximum atomic E-state index is 15.5. The van der Waals surface area contributed by atoms with Gasteiger partial charge in [-0.25, -0.2) is 12.8 Å². The normalized spacial score (nSPS) is 15.3. The van der Waals surface area contributed by atoms with Crippen LogP contribution in [0.2, 0.25) is 0 Å². The molecule has 1 unspecified atom stereocenters. The lowest BCUT2D eigenvalue weighted by Gasteiger charge is -2.33. The van der Waals surface area contributed by atoms with Gasteiger partial charge in [-0.15, -0.1) is 0 Å². The molecule has 1 aromatic heterocycles. The minimum atomic E-state index is -3.55. The van der Waals surface area contributed by atoms with E-state index in [1.54, 1.807) is 60.9 Å². The van der Waals surface area contributed by atoms with Crippen LogP contribution in [0.4, 0.5) is 15.8 Å². The molecular weight excluding hydrogens is 561 g/mol. The Morgan fingerprint density at radius 3 is 2.52 bits per heavy atom. The predicted octanol–water partition coefficient (Wildman–Crippen LogP) is 5.13. The average molecular weight is 590 g/mol. The Balaban J connectivity index is 1.40. The molecule has 1 saturated heterocycles. The van der Waals surface area contributed by atoms with Gasteiger partial charge in [0.15, 0.2) is 15.9 Å². The van der Waals surface area contributed by atoms with Gasteiger partial charge < -0.3 is 19.7 Å². The minimum Gasteiger partial charge on any atom is -0.497 e. The molecular formula is C31H28FN3O6S. The third-order valence-corrected chi connectivity index (χ3v) is 8.02. The molecule has 1 aliphatic heterocycles. The van der Waals surface area contributed by atoms with Crippen molar-refractivity contribution in [3.8, 4) is 22.6 Å². The van der Waals surface area contributed by atoms with Crippen LogP contribution >= 0.6 is 0 Å². The Kier molecular flexibility index (Phi) is 8.21. The number of hydrogen-bond donors (Lipinski definition) is 1. The van der Waals surface area contributed by atoms with Crippen LogP contribution in [0.1, 0.15) is 23.2 Å². The van der Waals surface area contributed by atoms with E-state index >= 15 is 4.39 Å². The molecule has 0 bridgehead atoms. The monoisotopic (exact) mass is 589 g/mol. The van der Waals surface area contributed by atoms with E-state index in [1.807, 2.05) is 0 Å². The third kappa shape index (κ3) is 6.10. The summed E-state index contributed by atoms with van der Waals surface area (Å²) in [5.74, 6) is -0.993. The Bertz CT molecular complexity index is 1750. The third-order valence-electron chi connectivity index (χ3n) is 6.86. The van der Waals surface area contributed by atoms with Crippen molar-refractivity contribution in [2.75, 3.05) is 30.1 Å². The van der Waals surface area contributed by atoms with Gasteiger partial charge in [-0.1, -0.05) is 24.3 Å². The van der Waals surface area contributed by atoms with Crippen molar-refractivity contribution in [3.63, 3.8) is 0 Å². The van der Waals surface area contributed by atoms with E-state index in [9.17, 15) is 18.0 Å². The fraction of sp³-hybridized carbons (Fsp3) is 0.194. The Labute approximate surface area is 242 Å². The number of hydrogen-bond acceptors (Lipinski definition) is 7. The summed E-state index contributed by atoms with van der Waals surface area (Å²) in [6, 6.07) is 18.6. The first-order valence-corrected chi connectivity index (χ1v) is 15.0. The SMILES string of the molecule is COc1ccc(OC2CCCN(c3ccc(-c4ccccc4S(C)(=O)=O)cc3F)C2=O)c(C(=O)Nc2ccncc2)c1. The number of sulfone groups is 1. The highest BCUT2D eigenvalue weighted by Crippen LogP contribution is 2.34. The average Bonchev–Trinajstić information content (AvgIpc) is 2.98. The van der Waals surface area contributed by atoms with E-state index < -0.39 is 33.6 Å². The molecule has 2 amide bonds. The number of benzene rings is 3. The lowest BCUT2D eigenvalue weighted by atomic mass is 10.0. The van der Waals surface area contributed by atoms with Gasteiger partial charge in [0, 0.05) is 36.4 Å². The highest BCUT2D eigenvalue weighted by molar-refractivity contribution is 7.90. The Hall–Kier alpha value is -4.77. The summed E-state index contributed by atoms with van der Waals surface area (Å²) < 4.78 is 51.4. The van der Waals surface area contributed by atoms with Crippen molar-refractivity contribution < 1.29 is 31.9 Å². The van der Waals surface area contributed by atoms with Crippen LogP contribution in [-0.2, 0) is 14.6 Å². The summed E-state index contributed by atoms with van der Waals surface area (Å²) in [6.45, 7) is 0.271. The molecule has 1 N–H and O–H groups in total. The smallest absolute Gasteiger partial charge is 0.268 e. The number of aromatic nitrogens is 1. The topological polar surface area (TPSA) is 115 Å². The number of halogens is 1. The lowest BCUT2D eigenvalue weighted by Crippen LogP contribution is -2.47. The molecule has 4 aromatic rings. The molecule has 0 saturated carbocycles. The highest BCUT2D eigenvalue weighted by Gasteiger charge is 2.34. The fourth-order valence-electron chi connectivity index (χ4n) is 4.82. The number of amides is 2. The van der Waals surface area contributed by atoms with Crippen molar-refractivity contribution in [2.24, 2.45) is 0 Å². The van der Waals surface area contributed by atoms with Crippen LogP contribution in [0.15, 0.2) is 90.1 Å². The molecule has 5 rings (SSSR count). The quantitative estimate of drug-likeness (QED) is 0.303. The molecule has 216 valence electrons. The zero-order valence-corrected chi connectivity index (χ0v) is 23.7. The molecule has 1 aliphatic rings. The van der Waals surface area contributed by atoms with Gasteiger partial charge in [0.2, 0.25) is 0 Å². The van der Waals surface area contributed by atoms with E-state index in [1.165, 1.54) is 36.3 Å². The zero-order valence-electron chi connectivity index (χ0n) is 22.9. The molecule has 2 heterocycles. The lowest BCUT2D eigenvalue weighted by molar-refractivity contribution is -0.127. The maximum Gasteiger partial charge on any atom is 0.268 e.